The fourth-order valence-electron chi connectivity index (χ4n) is 2.58. The molecule has 2 fully saturated rings. The minimum atomic E-state index is 0.549. The first kappa shape index (κ1) is 7.60. The van der Waals surface area contributed by atoms with Crippen molar-refractivity contribution in [3.05, 3.63) is 0 Å². The number of hydrogen-bond acceptors (Lipinski definition) is 1. The lowest BCUT2D eigenvalue weighted by molar-refractivity contribution is 0.383. The average Bonchev–Trinajstić information content (AvgIpc) is 2.56. The van der Waals surface area contributed by atoms with Crippen LogP contribution in [-0.2, 0) is 0 Å². The maximum absolute atomic E-state index is 6.17. The Hall–Kier alpha value is -0.0400. The summed E-state index contributed by atoms with van der Waals surface area (Å²) in [5.74, 6) is 2.70. The summed E-state index contributed by atoms with van der Waals surface area (Å²) in [4.78, 5) is 0. The van der Waals surface area contributed by atoms with Crippen LogP contribution >= 0.6 is 0 Å². The molecule has 2 aliphatic carbocycles. The zero-order valence-electron chi connectivity index (χ0n) is 7.42. The second kappa shape index (κ2) is 2.78. The van der Waals surface area contributed by atoms with Gasteiger partial charge in [0, 0.05) is 6.04 Å². The van der Waals surface area contributed by atoms with Crippen LogP contribution in [0.4, 0.5) is 0 Å². The minimum Gasteiger partial charge on any atom is -0.327 e. The molecule has 1 heteroatoms. The molecule has 0 heterocycles. The Morgan fingerprint density at radius 3 is 2.27 bits per heavy atom. The third-order valence-electron chi connectivity index (χ3n) is 3.61. The van der Waals surface area contributed by atoms with Gasteiger partial charge in [-0.1, -0.05) is 19.8 Å². The van der Waals surface area contributed by atoms with E-state index in [9.17, 15) is 0 Å². The third kappa shape index (κ3) is 1.44. The molecule has 0 saturated heterocycles. The molecular formula is C10H19N. The second-order valence-electron chi connectivity index (χ2n) is 4.50. The zero-order chi connectivity index (χ0) is 7.84. The van der Waals surface area contributed by atoms with Gasteiger partial charge in [-0.25, -0.2) is 0 Å². The smallest absolute Gasteiger partial charge is 0.00982 e. The van der Waals surface area contributed by atoms with Crippen LogP contribution in [0.25, 0.3) is 0 Å². The Bertz CT molecular complexity index is 138. The average molecular weight is 153 g/mol. The zero-order valence-corrected chi connectivity index (χ0v) is 7.42. The predicted molar refractivity (Wildman–Crippen MR) is 47.2 cm³/mol. The third-order valence-corrected chi connectivity index (χ3v) is 3.61. The molecule has 2 saturated carbocycles. The highest BCUT2D eigenvalue weighted by Crippen LogP contribution is 2.44. The summed E-state index contributed by atoms with van der Waals surface area (Å²) in [6.07, 6.45) is 7.07. The van der Waals surface area contributed by atoms with Crippen LogP contribution in [0.1, 0.15) is 39.0 Å². The molecule has 64 valence electrons. The Labute approximate surface area is 69.4 Å². The fourth-order valence-corrected chi connectivity index (χ4v) is 2.58. The molecule has 0 spiro atoms. The Morgan fingerprint density at radius 2 is 1.82 bits per heavy atom. The maximum Gasteiger partial charge on any atom is 0.00982 e. The Morgan fingerprint density at radius 1 is 1.27 bits per heavy atom. The molecule has 3 unspecified atom stereocenters. The minimum absolute atomic E-state index is 0.549. The Balaban J connectivity index is 1.84. The van der Waals surface area contributed by atoms with Crippen molar-refractivity contribution in [2.24, 2.45) is 23.5 Å². The van der Waals surface area contributed by atoms with Gasteiger partial charge in [0.1, 0.15) is 0 Å². The van der Waals surface area contributed by atoms with Crippen molar-refractivity contribution in [1.29, 1.82) is 0 Å². The SMILES string of the molecule is CC1CC1C(N)C1CCCC1. The molecular weight excluding hydrogens is 134 g/mol. The highest BCUT2D eigenvalue weighted by Gasteiger charge is 2.41. The monoisotopic (exact) mass is 153 g/mol. The van der Waals surface area contributed by atoms with Crippen molar-refractivity contribution >= 4 is 0 Å². The molecule has 2 aliphatic rings. The van der Waals surface area contributed by atoms with Gasteiger partial charge in [0.2, 0.25) is 0 Å². The fraction of sp³-hybridized carbons (Fsp3) is 1.00. The van der Waals surface area contributed by atoms with Crippen LogP contribution in [-0.4, -0.2) is 6.04 Å². The van der Waals surface area contributed by atoms with Gasteiger partial charge < -0.3 is 5.73 Å². The van der Waals surface area contributed by atoms with Gasteiger partial charge in [0.25, 0.3) is 0 Å². The van der Waals surface area contributed by atoms with E-state index in [1.807, 2.05) is 0 Å². The predicted octanol–water partition coefficient (Wildman–Crippen LogP) is 2.16. The van der Waals surface area contributed by atoms with Gasteiger partial charge in [-0.15, -0.1) is 0 Å². The summed E-state index contributed by atoms with van der Waals surface area (Å²) in [6.45, 7) is 2.33. The molecule has 11 heavy (non-hydrogen) atoms. The molecule has 0 aromatic heterocycles. The first-order chi connectivity index (χ1) is 5.29. The molecule has 0 radical (unpaired) electrons. The van der Waals surface area contributed by atoms with Crippen LogP contribution in [0, 0.1) is 17.8 Å². The highest BCUT2D eigenvalue weighted by molar-refractivity contribution is 4.94. The number of hydrogen-bond donors (Lipinski definition) is 1. The molecule has 0 aromatic rings. The van der Waals surface area contributed by atoms with Crippen molar-refractivity contribution in [1.82, 2.24) is 0 Å². The quantitative estimate of drug-likeness (QED) is 0.646. The molecule has 0 bridgehead atoms. The van der Waals surface area contributed by atoms with Gasteiger partial charge in [-0.2, -0.15) is 0 Å². The second-order valence-corrected chi connectivity index (χ2v) is 4.50. The summed E-state index contributed by atoms with van der Waals surface area (Å²) >= 11 is 0. The summed E-state index contributed by atoms with van der Waals surface area (Å²) in [7, 11) is 0. The van der Waals surface area contributed by atoms with Crippen molar-refractivity contribution in [2.45, 2.75) is 45.1 Å². The Kier molecular flexibility index (Phi) is 1.92. The molecule has 0 aromatic carbocycles. The van der Waals surface area contributed by atoms with Gasteiger partial charge in [-0.3, -0.25) is 0 Å². The largest absolute Gasteiger partial charge is 0.327 e. The maximum atomic E-state index is 6.17. The van der Waals surface area contributed by atoms with E-state index in [4.69, 9.17) is 5.73 Å². The molecule has 0 aliphatic heterocycles. The molecule has 3 atom stereocenters. The van der Waals surface area contributed by atoms with E-state index in [1.165, 1.54) is 32.1 Å². The van der Waals surface area contributed by atoms with Crippen molar-refractivity contribution < 1.29 is 0 Å². The van der Waals surface area contributed by atoms with Crippen molar-refractivity contribution in [2.75, 3.05) is 0 Å². The molecule has 2 N–H and O–H groups in total. The summed E-state index contributed by atoms with van der Waals surface area (Å²) in [5.41, 5.74) is 6.17. The molecule has 2 rings (SSSR count). The van der Waals surface area contributed by atoms with E-state index in [0.717, 1.165) is 17.8 Å². The summed E-state index contributed by atoms with van der Waals surface area (Å²) in [6, 6.07) is 0.549. The first-order valence-corrected chi connectivity index (χ1v) is 5.04. The number of rotatable bonds is 2. The van der Waals surface area contributed by atoms with Crippen LogP contribution in [0.3, 0.4) is 0 Å². The molecule has 0 amide bonds. The lowest BCUT2D eigenvalue weighted by Crippen LogP contribution is -2.31. The topological polar surface area (TPSA) is 26.0 Å². The van der Waals surface area contributed by atoms with Crippen LogP contribution < -0.4 is 5.73 Å². The van der Waals surface area contributed by atoms with Crippen LogP contribution in [0.2, 0.25) is 0 Å². The van der Waals surface area contributed by atoms with Gasteiger partial charge in [0.15, 0.2) is 0 Å². The van der Waals surface area contributed by atoms with Gasteiger partial charge >= 0.3 is 0 Å². The van der Waals surface area contributed by atoms with Crippen LogP contribution in [0.15, 0.2) is 0 Å². The van der Waals surface area contributed by atoms with E-state index in [1.54, 1.807) is 0 Å². The van der Waals surface area contributed by atoms with Crippen molar-refractivity contribution in [3.63, 3.8) is 0 Å². The van der Waals surface area contributed by atoms with E-state index < -0.39 is 0 Å². The summed E-state index contributed by atoms with van der Waals surface area (Å²) < 4.78 is 0. The van der Waals surface area contributed by atoms with Gasteiger partial charge in [-0.05, 0) is 37.0 Å². The standard InChI is InChI=1S/C10H19N/c1-7-6-9(7)10(11)8-4-2-3-5-8/h7-10H,2-6,11H2,1H3. The van der Waals surface area contributed by atoms with Crippen molar-refractivity contribution in [3.8, 4) is 0 Å². The van der Waals surface area contributed by atoms with E-state index in [2.05, 4.69) is 6.92 Å². The number of nitrogens with two attached hydrogens (primary N) is 1. The van der Waals surface area contributed by atoms with E-state index >= 15 is 0 Å². The summed E-state index contributed by atoms with van der Waals surface area (Å²) in [5, 5.41) is 0. The normalized spacial score (nSPS) is 40.9. The van der Waals surface area contributed by atoms with E-state index in [-0.39, 0.29) is 0 Å². The molecule has 1 nitrogen and oxygen atoms in total. The highest BCUT2D eigenvalue weighted by atomic mass is 14.7. The van der Waals surface area contributed by atoms with E-state index in [0.29, 0.717) is 6.04 Å². The van der Waals surface area contributed by atoms with Gasteiger partial charge in [0.05, 0.1) is 0 Å². The lowest BCUT2D eigenvalue weighted by atomic mass is 9.94. The lowest BCUT2D eigenvalue weighted by Gasteiger charge is -2.18. The van der Waals surface area contributed by atoms with Crippen LogP contribution in [0.5, 0.6) is 0 Å². The first-order valence-electron chi connectivity index (χ1n) is 5.04.